The maximum Gasteiger partial charge on any atom is 0.239 e. The van der Waals surface area contributed by atoms with Crippen molar-refractivity contribution in [1.82, 2.24) is 20.2 Å². The SMILES string of the molecule is Nc1n[nH]c(-c2cnc(P)s2)n1. The summed E-state index contributed by atoms with van der Waals surface area (Å²) in [6, 6.07) is 0. The third-order valence-corrected chi connectivity index (χ3v) is 2.60. The number of nitrogen functional groups attached to an aromatic ring is 1. The van der Waals surface area contributed by atoms with Gasteiger partial charge in [0.2, 0.25) is 5.95 Å². The highest BCUT2D eigenvalue weighted by atomic mass is 32.1. The fraction of sp³-hybridized carbons (Fsp3) is 0. The number of rotatable bonds is 1. The molecule has 1 atom stereocenters. The third kappa shape index (κ3) is 1.31. The van der Waals surface area contributed by atoms with E-state index in [0.717, 1.165) is 9.63 Å². The lowest BCUT2D eigenvalue weighted by molar-refractivity contribution is 1.10. The Morgan fingerprint density at radius 3 is 2.92 bits per heavy atom. The molecule has 7 heteroatoms. The van der Waals surface area contributed by atoms with Crippen LogP contribution in [0.2, 0.25) is 0 Å². The van der Waals surface area contributed by atoms with Gasteiger partial charge in [0.25, 0.3) is 0 Å². The first kappa shape index (κ1) is 7.64. The lowest BCUT2D eigenvalue weighted by atomic mass is 10.5. The highest BCUT2D eigenvalue weighted by Gasteiger charge is 2.05. The Labute approximate surface area is 74.6 Å². The number of nitrogens with one attached hydrogen (secondary N) is 1. The molecular formula is C5H6N5PS. The molecule has 1 unspecified atom stereocenters. The molecule has 0 aliphatic heterocycles. The largest absolute Gasteiger partial charge is 0.366 e. The van der Waals surface area contributed by atoms with Crippen molar-refractivity contribution in [3.05, 3.63) is 6.20 Å². The predicted molar refractivity (Wildman–Crippen MR) is 51.2 cm³/mol. The normalized spacial score (nSPS) is 10.4. The first-order chi connectivity index (χ1) is 5.75. The average molecular weight is 199 g/mol. The van der Waals surface area contributed by atoms with Gasteiger partial charge in [-0.1, -0.05) is 9.24 Å². The molecule has 12 heavy (non-hydrogen) atoms. The summed E-state index contributed by atoms with van der Waals surface area (Å²) in [7, 11) is 2.52. The summed E-state index contributed by atoms with van der Waals surface area (Å²) in [5.41, 5.74) is 5.35. The van der Waals surface area contributed by atoms with Crippen LogP contribution in [0.25, 0.3) is 10.7 Å². The molecule has 0 aliphatic carbocycles. The van der Waals surface area contributed by atoms with Gasteiger partial charge < -0.3 is 5.73 Å². The minimum Gasteiger partial charge on any atom is -0.366 e. The van der Waals surface area contributed by atoms with Crippen LogP contribution in [-0.4, -0.2) is 20.2 Å². The first-order valence-corrected chi connectivity index (χ1v) is 4.54. The molecule has 0 fully saturated rings. The zero-order valence-electron chi connectivity index (χ0n) is 5.98. The average Bonchev–Trinajstić information content (AvgIpc) is 2.58. The fourth-order valence-corrected chi connectivity index (χ4v) is 1.86. The van der Waals surface area contributed by atoms with Gasteiger partial charge in [-0.15, -0.1) is 16.4 Å². The van der Waals surface area contributed by atoms with Gasteiger partial charge in [0.05, 0.1) is 4.88 Å². The number of hydrogen-bond donors (Lipinski definition) is 2. The maximum absolute atomic E-state index is 5.35. The van der Waals surface area contributed by atoms with Gasteiger partial charge in [-0.05, 0) is 0 Å². The number of H-pyrrole nitrogens is 1. The monoisotopic (exact) mass is 199 g/mol. The number of hydrogen-bond acceptors (Lipinski definition) is 5. The second-order valence-corrected chi connectivity index (χ2v) is 4.13. The molecule has 3 N–H and O–H groups in total. The molecule has 0 saturated carbocycles. The minimum absolute atomic E-state index is 0.253. The van der Waals surface area contributed by atoms with Gasteiger partial charge in [-0.3, -0.25) is 5.10 Å². The summed E-state index contributed by atoms with van der Waals surface area (Å²) in [6.45, 7) is 0. The van der Waals surface area contributed by atoms with E-state index in [4.69, 9.17) is 5.73 Å². The van der Waals surface area contributed by atoms with Crippen molar-refractivity contribution in [1.29, 1.82) is 0 Å². The van der Waals surface area contributed by atoms with Crippen molar-refractivity contribution in [2.75, 3.05) is 5.73 Å². The number of anilines is 1. The molecule has 2 heterocycles. The molecule has 0 radical (unpaired) electrons. The summed E-state index contributed by atoms with van der Waals surface area (Å²) >= 11 is 1.52. The molecule has 0 aromatic carbocycles. The van der Waals surface area contributed by atoms with E-state index >= 15 is 0 Å². The van der Waals surface area contributed by atoms with Gasteiger partial charge in [0, 0.05) is 6.20 Å². The lowest BCUT2D eigenvalue weighted by Crippen LogP contribution is -1.84. The van der Waals surface area contributed by atoms with Crippen LogP contribution >= 0.6 is 20.6 Å². The second kappa shape index (κ2) is 2.80. The molecule has 62 valence electrons. The molecule has 0 amide bonds. The van der Waals surface area contributed by atoms with E-state index in [1.54, 1.807) is 6.20 Å². The molecule has 2 aromatic heterocycles. The molecule has 2 rings (SSSR count). The van der Waals surface area contributed by atoms with E-state index in [0.29, 0.717) is 5.82 Å². The van der Waals surface area contributed by atoms with Crippen LogP contribution in [0.1, 0.15) is 0 Å². The van der Waals surface area contributed by atoms with Crippen LogP contribution in [0.4, 0.5) is 5.95 Å². The quantitative estimate of drug-likeness (QED) is 0.634. The first-order valence-electron chi connectivity index (χ1n) is 3.15. The lowest BCUT2D eigenvalue weighted by Gasteiger charge is -1.83. The van der Waals surface area contributed by atoms with E-state index in [1.807, 2.05) is 0 Å². The van der Waals surface area contributed by atoms with Crippen molar-refractivity contribution >= 4 is 31.3 Å². The summed E-state index contributed by atoms with van der Waals surface area (Å²) in [6.07, 6.45) is 1.73. The van der Waals surface area contributed by atoms with Gasteiger partial charge in [0.1, 0.15) is 4.75 Å². The summed E-state index contributed by atoms with van der Waals surface area (Å²) in [4.78, 5) is 8.96. The summed E-state index contributed by atoms with van der Waals surface area (Å²) in [5, 5.41) is 6.43. The number of nitrogens with two attached hydrogens (primary N) is 1. The van der Waals surface area contributed by atoms with Gasteiger partial charge in [-0.2, -0.15) is 4.98 Å². The zero-order valence-corrected chi connectivity index (χ0v) is 7.95. The van der Waals surface area contributed by atoms with Crippen LogP contribution in [0, 0.1) is 0 Å². The van der Waals surface area contributed by atoms with Crippen molar-refractivity contribution in [3.63, 3.8) is 0 Å². The Morgan fingerprint density at radius 1 is 1.58 bits per heavy atom. The van der Waals surface area contributed by atoms with Gasteiger partial charge >= 0.3 is 0 Å². The summed E-state index contributed by atoms with van der Waals surface area (Å²) in [5.74, 6) is 0.919. The minimum atomic E-state index is 0.253. The fourth-order valence-electron chi connectivity index (χ4n) is 0.782. The molecule has 5 nitrogen and oxygen atoms in total. The Morgan fingerprint density at radius 2 is 2.42 bits per heavy atom. The molecular weight excluding hydrogens is 193 g/mol. The summed E-state index contributed by atoms with van der Waals surface area (Å²) < 4.78 is 0.917. The topological polar surface area (TPSA) is 80.5 Å². The van der Waals surface area contributed by atoms with Crippen molar-refractivity contribution in [2.45, 2.75) is 0 Å². The second-order valence-electron chi connectivity index (χ2n) is 2.10. The van der Waals surface area contributed by atoms with E-state index in [9.17, 15) is 0 Å². The van der Waals surface area contributed by atoms with Crippen LogP contribution in [0.3, 0.4) is 0 Å². The Kier molecular flexibility index (Phi) is 1.78. The Balaban J connectivity index is 2.43. The molecule has 0 bridgehead atoms. The van der Waals surface area contributed by atoms with E-state index in [1.165, 1.54) is 11.3 Å². The van der Waals surface area contributed by atoms with Crippen molar-refractivity contribution < 1.29 is 0 Å². The van der Waals surface area contributed by atoms with Crippen LogP contribution in [0.15, 0.2) is 6.20 Å². The smallest absolute Gasteiger partial charge is 0.239 e. The number of nitrogens with zero attached hydrogens (tertiary/aromatic N) is 3. The van der Waals surface area contributed by atoms with E-state index < -0.39 is 0 Å². The third-order valence-electron chi connectivity index (χ3n) is 1.26. The van der Waals surface area contributed by atoms with Gasteiger partial charge in [-0.25, -0.2) is 4.98 Å². The highest BCUT2D eigenvalue weighted by Crippen LogP contribution is 2.18. The Hall–Kier alpha value is -1.00. The van der Waals surface area contributed by atoms with E-state index in [-0.39, 0.29) is 5.95 Å². The standard InChI is InChI=1S/C5H6N5PS/c6-4-8-3(9-10-4)2-1-7-5(11)12-2/h1H,11H2,(H3,6,8,9,10). The van der Waals surface area contributed by atoms with E-state index in [2.05, 4.69) is 29.4 Å². The molecule has 0 aliphatic rings. The maximum atomic E-state index is 5.35. The van der Waals surface area contributed by atoms with Crippen LogP contribution in [-0.2, 0) is 0 Å². The van der Waals surface area contributed by atoms with Crippen molar-refractivity contribution in [3.8, 4) is 10.7 Å². The number of thiazole rings is 1. The molecule has 2 aromatic rings. The Bertz CT molecular complexity index is 356. The molecule has 0 spiro atoms. The van der Waals surface area contributed by atoms with Crippen molar-refractivity contribution in [2.24, 2.45) is 0 Å². The molecule has 0 saturated heterocycles. The van der Waals surface area contributed by atoms with Gasteiger partial charge in [0.15, 0.2) is 5.82 Å². The number of aromatic amines is 1. The zero-order chi connectivity index (χ0) is 8.55. The van der Waals surface area contributed by atoms with Crippen LogP contribution in [0.5, 0.6) is 0 Å². The predicted octanol–water partition coefficient (Wildman–Crippen LogP) is 0.0108. The highest BCUT2D eigenvalue weighted by molar-refractivity contribution is 7.43. The van der Waals surface area contributed by atoms with Crippen LogP contribution < -0.4 is 10.5 Å². The number of aromatic nitrogens is 4.